The van der Waals surface area contributed by atoms with Gasteiger partial charge >= 0.3 is 0 Å². The van der Waals surface area contributed by atoms with Crippen molar-refractivity contribution in [2.75, 3.05) is 7.11 Å². The second-order valence-electron chi connectivity index (χ2n) is 3.76. The fourth-order valence-corrected chi connectivity index (χ4v) is 2.17. The third kappa shape index (κ3) is 2.03. The van der Waals surface area contributed by atoms with Gasteiger partial charge in [0, 0.05) is 6.04 Å². The van der Waals surface area contributed by atoms with Crippen LogP contribution in [0, 0.1) is 9.49 Å². The van der Waals surface area contributed by atoms with Crippen LogP contribution in [0.1, 0.15) is 24.4 Å². The molecule has 0 aliphatic heterocycles. The maximum Gasteiger partial charge on any atom is 0.132 e. The van der Waals surface area contributed by atoms with Crippen LogP contribution in [0.5, 0.6) is 5.75 Å². The van der Waals surface area contributed by atoms with Gasteiger partial charge in [0.1, 0.15) is 5.75 Å². The van der Waals surface area contributed by atoms with E-state index in [-0.39, 0.29) is 6.04 Å². The molecule has 0 radical (unpaired) electrons. The van der Waals surface area contributed by atoms with Gasteiger partial charge in [-0.2, -0.15) is 0 Å². The molecule has 1 aliphatic carbocycles. The van der Waals surface area contributed by atoms with Crippen LogP contribution in [-0.2, 0) is 0 Å². The van der Waals surface area contributed by atoms with Gasteiger partial charge in [-0.15, -0.1) is 0 Å². The number of benzene rings is 1. The molecule has 2 nitrogen and oxygen atoms in total. The van der Waals surface area contributed by atoms with E-state index in [1.165, 1.54) is 18.4 Å². The molecule has 2 N–H and O–H groups in total. The summed E-state index contributed by atoms with van der Waals surface area (Å²) in [5, 5.41) is 0. The maximum atomic E-state index is 6.12. The third-order valence-electron chi connectivity index (χ3n) is 2.69. The van der Waals surface area contributed by atoms with E-state index in [9.17, 15) is 0 Å². The summed E-state index contributed by atoms with van der Waals surface area (Å²) in [4.78, 5) is 0. The van der Waals surface area contributed by atoms with Gasteiger partial charge in [-0.3, -0.25) is 0 Å². The summed E-state index contributed by atoms with van der Waals surface area (Å²) in [6.45, 7) is 0. The molecular weight excluding hydrogens is 289 g/mol. The molecule has 1 aromatic rings. The van der Waals surface area contributed by atoms with E-state index in [1.54, 1.807) is 7.11 Å². The number of nitrogens with two attached hydrogens (primary N) is 1. The van der Waals surface area contributed by atoms with E-state index in [2.05, 4.69) is 40.8 Å². The fourth-order valence-electron chi connectivity index (χ4n) is 1.61. The van der Waals surface area contributed by atoms with E-state index in [0.717, 1.165) is 9.32 Å². The molecule has 1 saturated carbocycles. The van der Waals surface area contributed by atoms with E-state index < -0.39 is 0 Å². The second-order valence-corrected chi connectivity index (χ2v) is 4.92. The molecule has 1 aromatic carbocycles. The minimum absolute atomic E-state index is 0.195. The normalized spacial score (nSPS) is 17.9. The molecule has 0 unspecified atom stereocenters. The van der Waals surface area contributed by atoms with Gasteiger partial charge < -0.3 is 10.5 Å². The van der Waals surface area contributed by atoms with Gasteiger partial charge in [0.15, 0.2) is 0 Å². The molecule has 0 spiro atoms. The van der Waals surface area contributed by atoms with Crippen molar-refractivity contribution in [2.24, 2.45) is 11.7 Å². The van der Waals surface area contributed by atoms with E-state index >= 15 is 0 Å². The average molecular weight is 303 g/mol. The molecule has 76 valence electrons. The van der Waals surface area contributed by atoms with Crippen molar-refractivity contribution in [3.63, 3.8) is 0 Å². The summed E-state index contributed by atoms with van der Waals surface area (Å²) < 4.78 is 6.41. The van der Waals surface area contributed by atoms with Gasteiger partial charge in [0.05, 0.1) is 10.7 Å². The van der Waals surface area contributed by atoms with E-state index in [1.807, 2.05) is 0 Å². The van der Waals surface area contributed by atoms with Crippen LogP contribution >= 0.6 is 22.6 Å². The molecular formula is C11H14INO. The molecule has 1 aliphatic rings. The van der Waals surface area contributed by atoms with Crippen molar-refractivity contribution < 1.29 is 4.74 Å². The number of rotatable bonds is 3. The van der Waals surface area contributed by atoms with Crippen molar-refractivity contribution >= 4 is 22.6 Å². The molecule has 0 bridgehead atoms. The minimum atomic E-state index is 0.195. The average Bonchev–Trinajstić information content (AvgIpc) is 3.01. The predicted molar refractivity (Wildman–Crippen MR) is 65.4 cm³/mol. The zero-order valence-electron chi connectivity index (χ0n) is 8.16. The Kier molecular flexibility index (Phi) is 2.97. The highest BCUT2D eigenvalue weighted by Crippen LogP contribution is 2.40. The van der Waals surface area contributed by atoms with Gasteiger partial charge in [-0.25, -0.2) is 0 Å². The number of methoxy groups -OCH3 is 1. The van der Waals surface area contributed by atoms with Gasteiger partial charge in [-0.1, -0.05) is 6.07 Å². The zero-order valence-corrected chi connectivity index (χ0v) is 10.3. The Morgan fingerprint density at radius 3 is 2.79 bits per heavy atom. The highest BCUT2D eigenvalue weighted by atomic mass is 127. The summed E-state index contributed by atoms with van der Waals surface area (Å²) in [6, 6.07) is 6.43. The number of hydrogen-bond donors (Lipinski definition) is 1. The Balaban J connectivity index is 2.25. The van der Waals surface area contributed by atoms with Crippen LogP contribution in [-0.4, -0.2) is 7.11 Å². The second kappa shape index (κ2) is 4.06. The highest BCUT2D eigenvalue weighted by molar-refractivity contribution is 14.1. The van der Waals surface area contributed by atoms with Crippen molar-refractivity contribution in [3.8, 4) is 5.75 Å². The van der Waals surface area contributed by atoms with Crippen LogP contribution < -0.4 is 10.5 Å². The number of halogens is 1. The minimum Gasteiger partial charge on any atom is -0.496 e. The standard InChI is InChI=1S/C11H14INO/c1-14-10-6-8(4-5-9(10)12)11(13)7-2-3-7/h4-7,11H,2-3,13H2,1H3/t11-/m1/s1. The summed E-state index contributed by atoms with van der Waals surface area (Å²) in [6.07, 6.45) is 2.55. The first-order chi connectivity index (χ1) is 6.72. The molecule has 1 atom stereocenters. The smallest absolute Gasteiger partial charge is 0.132 e. The molecule has 3 heteroatoms. The van der Waals surface area contributed by atoms with Crippen molar-refractivity contribution in [3.05, 3.63) is 27.3 Å². The monoisotopic (exact) mass is 303 g/mol. The highest BCUT2D eigenvalue weighted by Gasteiger charge is 2.29. The van der Waals surface area contributed by atoms with Gasteiger partial charge in [0.2, 0.25) is 0 Å². The quantitative estimate of drug-likeness (QED) is 0.871. The molecule has 2 rings (SSSR count). The van der Waals surface area contributed by atoms with E-state index in [0.29, 0.717) is 5.92 Å². The SMILES string of the molecule is COc1cc([C@H](N)C2CC2)ccc1I. The van der Waals surface area contributed by atoms with Gasteiger partial charge in [0.25, 0.3) is 0 Å². The molecule has 0 aromatic heterocycles. The van der Waals surface area contributed by atoms with Crippen molar-refractivity contribution in [1.29, 1.82) is 0 Å². The number of ether oxygens (including phenoxy) is 1. The first-order valence-corrected chi connectivity index (χ1v) is 5.89. The molecule has 1 fully saturated rings. The lowest BCUT2D eigenvalue weighted by Crippen LogP contribution is -2.12. The van der Waals surface area contributed by atoms with Crippen molar-refractivity contribution in [2.45, 2.75) is 18.9 Å². The largest absolute Gasteiger partial charge is 0.496 e. The summed E-state index contributed by atoms with van der Waals surface area (Å²) >= 11 is 2.27. The van der Waals surface area contributed by atoms with Gasteiger partial charge in [-0.05, 0) is 59.0 Å². The molecule has 0 heterocycles. The number of hydrogen-bond acceptors (Lipinski definition) is 2. The Morgan fingerprint density at radius 1 is 1.50 bits per heavy atom. The lowest BCUT2D eigenvalue weighted by atomic mass is 10.0. The topological polar surface area (TPSA) is 35.2 Å². The van der Waals surface area contributed by atoms with Crippen LogP contribution in [0.25, 0.3) is 0 Å². The Hall–Kier alpha value is -0.290. The van der Waals surface area contributed by atoms with Crippen LogP contribution in [0.4, 0.5) is 0 Å². The first kappa shape index (κ1) is 10.2. The molecule has 0 saturated heterocycles. The zero-order chi connectivity index (χ0) is 10.1. The lowest BCUT2D eigenvalue weighted by molar-refractivity contribution is 0.410. The lowest BCUT2D eigenvalue weighted by Gasteiger charge is -2.12. The summed E-state index contributed by atoms with van der Waals surface area (Å²) in [5.74, 6) is 1.62. The Morgan fingerprint density at radius 2 is 2.21 bits per heavy atom. The third-order valence-corrected chi connectivity index (χ3v) is 3.58. The predicted octanol–water partition coefficient (Wildman–Crippen LogP) is 2.71. The van der Waals surface area contributed by atoms with Crippen LogP contribution in [0.15, 0.2) is 18.2 Å². The fraction of sp³-hybridized carbons (Fsp3) is 0.455. The first-order valence-electron chi connectivity index (χ1n) is 4.81. The van der Waals surface area contributed by atoms with Crippen LogP contribution in [0.3, 0.4) is 0 Å². The van der Waals surface area contributed by atoms with E-state index in [4.69, 9.17) is 10.5 Å². The van der Waals surface area contributed by atoms with Crippen molar-refractivity contribution in [1.82, 2.24) is 0 Å². The Labute approximate surface area is 98.0 Å². The summed E-state index contributed by atoms with van der Waals surface area (Å²) in [7, 11) is 1.70. The molecule has 0 amide bonds. The van der Waals surface area contributed by atoms with Crippen LogP contribution in [0.2, 0.25) is 0 Å². The summed E-state index contributed by atoms with van der Waals surface area (Å²) in [5.41, 5.74) is 7.31. The molecule has 14 heavy (non-hydrogen) atoms. The Bertz CT molecular complexity index is 336. The maximum absolute atomic E-state index is 6.12.